The first kappa shape index (κ1) is 13.4. The fourth-order valence-corrected chi connectivity index (χ4v) is 2.06. The summed E-state index contributed by atoms with van der Waals surface area (Å²) in [6.07, 6.45) is 1.49. The molecular formula is C13H18N4O2. The Balaban J connectivity index is 2.52. The van der Waals surface area contributed by atoms with Gasteiger partial charge in [0.25, 0.3) is 0 Å². The van der Waals surface area contributed by atoms with E-state index in [0.717, 1.165) is 29.4 Å². The van der Waals surface area contributed by atoms with Gasteiger partial charge in [-0.3, -0.25) is 5.10 Å². The molecule has 1 unspecified atom stereocenters. The van der Waals surface area contributed by atoms with Crippen LogP contribution >= 0.6 is 0 Å². The Morgan fingerprint density at radius 2 is 1.95 bits per heavy atom. The molecule has 0 fully saturated rings. The molecule has 1 heterocycles. The van der Waals surface area contributed by atoms with Gasteiger partial charge in [0.2, 0.25) is 0 Å². The summed E-state index contributed by atoms with van der Waals surface area (Å²) in [6, 6.07) is 5.54. The van der Waals surface area contributed by atoms with Gasteiger partial charge in [0.1, 0.15) is 23.7 Å². The van der Waals surface area contributed by atoms with Crippen molar-refractivity contribution < 1.29 is 9.47 Å². The van der Waals surface area contributed by atoms with Crippen LogP contribution in [0.2, 0.25) is 0 Å². The van der Waals surface area contributed by atoms with Gasteiger partial charge >= 0.3 is 0 Å². The van der Waals surface area contributed by atoms with E-state index in [2.05, 4.69) is 20.5 Å². The number of ether oxygens (including phenoxy) is 2. The van der Waals surface area contributed by atoms with Crippen LogP contribution in [0.4, 0.5) is 0 Å². The second-order valence-corrected chi connectivity index (χ2v) is 3.94. The standard InChI is InChI=1S/C13H18N4O2/c1-4-14-12(13-15-8-16-17-13)11-9(18-2)6-5-7-10(11)19-3/h5-8,12,14H,4H2,1-3H3,(H,15,16,17). The predicted molar refractivity (Wildman–Crippen MR) is 71.4 cm³/mol. The number of methoxy groups -OCH3 is 2. The number of aromatic amines is 1. The maximum absolute atomic E-state index is 5.43. The molecule has 2 rings (SSSR count). The molecule has 0 aliphatic carbocycles. The molecule has 1 aromatic heterocycles. The van der Waals surface area contributed by atoms with Crippen LogP contribution in [0.25, 0.3) is 0 Å². The Bertz CT molecular complexity index is 491. The molecule has 1 aromatic carbocycles. The fraction of sp³-hybridized carbons (Fsp3) is 0.385. The SMILES string of the molecule is CCNC(c1ncn[nH]1)c1c(OC)cccc1OC. The van der Waals surface area contributed by atoms with Crippen LogP contribution in [-0.2, 0) is 0 Å². The first-order valence-corrected chi connectivity index (χ1v) is 6.11. The van der Waals surface area contributed by atoms with Gasteiger partial charge in [-0.25, -0.2) is 4.98 Å². The van der Waals surface area contributed by atoms with Crippen LogP contribution in [0.3, 0.4) is 0 Å². The highest BCUT2D eigenvalue weighted by Gasteiger charge is 2.23. The summed E-state index contributed by atoms with van der Waals surface area (Å²) < 4.78 is 10.9. The molecule has 0 radical (unpaired) electrons. The summed E-state index contributed by atoms with van der Waals surface area (Å²) in [5.74, 6) is 2.23. The van der Waals surface area contributed by atoms with Gasteiger partial charge in [-0.2, -0.15) is 5.10 Å². The Hall–Kier alpha value is -2.08. The maximum atomic E-state index is 5.43. The highest BCUT2D eigenvalue weighted by atomic mass is 16.5. The van der Waals surface area contributed by atoms with Crippen LogP contribution in [0, 0.1) is 0 Å². The third-order valence-corrected chi connectivity index (χ3v) is 2.87. The van der Waals surface area contributed by atoms with Gasteiger partial charge in [0.15, 0.2) is 0 Å². The second kappa shape index (κ2) is 6.19. The summed E-state index contributed by atoms with van der Waals surface area (Å²) in [7, 11) is 3.28. The normalized spacial score (nSPS) is 12.2. The number of H-pyrrole nitrogens is 1. The molecular weight excluding hydrogens is 244 g/mol. The fourth-order valence-electron chi connectivity index (χ4n) is 2.06. The second-order valence-electron chi connectivity index (χ2n) is 3.94. The molecule has 0 saturated heterocycles. The van der Waals surface area contributed by atoms with Gasteiger partial charge in [0.05, 0.1) is 25.8 Å². The Kier molecular flexibility index (Phi) is 4.35. The zero-order valence-corrected chi connectivity index (χ0v) is 11.3. The quantitative estimate of drug-likeness (QED) is 0.826. The highest BCUT2D eigenvalue weighted by Crippen LogP contribution is 2.35. The lowest BCUT2D eigenvalue weighted by Crippen LogP contribution is -2.24. The zero-order chi connectivity index (χ0) is 13.7. The number of benzene rings is 1. The van der Waals surface area contributed by atoms with E-state index in [1.54, 1.807) is 14.2 Å². The maximum Gasteiger partial charge on any atom is 0.146 e. The molecule has 102 valence electrons. The van der Waals surface area contributed by atoms with Crippen LogP contribution in [0.15, 0.2) is 24.5 Å². The van der Waals surface area contributed by atoms with E-state index in [9.17, 15) is 0 Å². The van der Waals surface area contributed by atoms with E-state index in [4.69, 9.17) is 9.47 Å². The zero-order valence-electron chi connectivity index (χ0n) is 11.3. The van der Waals surface area contributed by atoms with Crippen LogP contribution in [0.5, 0.6) is 11.5 Å². The summed E-state index contributed by atoms with van der Waals surface area (Å²) in [4.78, 5) is 4.22. The lowest BCUT2D eigenvalue weighted by molar-refractivity contribution is 0.376. The van der Waals surface area contributed by atoms with Crippen molar-refractivity contribution in [1.29, 1.82) is 0 Å². The lowest BCUT2D eigenvalue weighted by atomic mass is 10.0. The summed E-state index contributed by atoms with van der Waals surface area (Å²) in [6.45, 7) is 2.82. The van der Waals surface area contributed by atoms with Crippen molar-refractivity contribution in [1.82, 2.24) is 20.5 Å². The monoisotopic (exact) mass is 262 g/mol. The molecule has 0 aliphatic rings. The van der Waals surface area contributed by atoms with Gasteiger partial charge in [-0.15, -0.1) is 0 Å². The predicted octanol–water partition coefficient (Wildman–Crippen LogP) is 1.52. The summed E-state index contributed by atoms with van der Waals surface area (Å²) in [5, 5.41) is 10.1. The van der Waals surface area contributed by atoms with E-state index < -0.39 is 0 Å². The molecule has 0 bridgehead atoms. The highest BCUT2D eigenvalue weighted by molar-refractivity contribution is 5.48. The molecule has 1 atom stereocenters. The number of nitrogens with one attached hydrogen (secondary N) is 2. The minimum Gasteiger partial charge on any atom is -0.496 e. The van der Waals surface area contributed by atoms with Crippen molar-refractivity contribution in [3.8, 4) is 11.5 Å². The number of hydrogen-bond donors (Lipinski definition) is 2. The average molecular weight is 262 g/mol. The van der Waals surface area contributed by atoms with Crippen LogP contribution in [-0.4, -0.2) is 35.9 Å². The number of nitrogens with zero attached hydrogens (tertiary/aromatic N) is 2. The van der Waals surface area contributed by atoms with Crippen molar-refractivity contribution in [3.63, 3.8) is 0 Å². The van der Waals surface area contributed by atoms with Gasteiger partial charge in [-0.1, -0.05) is 13.0 Å². The van der Waals surface area contributed by atoms with Gasteiger partial charge in [0, 0.05) is 0 Å². The van der Waals surface area contributed by atoms with Crippen LogP contribution < -0.4 is 14.8 Å². The van der Waals surface area contributed by atoms with E-state index >= 15 is 0 Å². The summed E-state index contributed by atoms with van der Waals surface area (Å²) >= 11 is 0. The molecule has 2 aromatic rings. The van der Waals surface area contributed by atoms with Crippen molar-refractivity contribution in [2.45, 2.75) is 13.0 Å². The van der Waals surface area contributed by atoms with Crippen molar-refractivity contribution in [2.75, 3.05) is 20.8 Å². The largest absolute Gasteiger partial charge is 0.496 e. The van der Waals surface area contributed by atoms with Gasteiger partial charge in [-0.05, 0) is 18.7 Å². The third-order valence-electron chi connectivity index (χ3n) is 2.87. The Labute approximate surface area is 112 Å². The molecule has 0 saturated carbocycles. The lowest BCUT2D eigenvalue weighted by Gasteiger charge is -2.21. The Morgan fingerprint density at radius 1 is 1.26 bits per heavy atom. The minimum atomic E-state index is -0.154. The van der Waals surface area contributed by atoms with E-state index in [1.165, 1.54) is 6.33 Å². The third kappa shape index (κ3) is 2.68. The number of aromatic nitrogens is 3. The summed E-state index contributed by atoms with van der Waals surface area (Å²) in [5.41, 5.74) is 0.908. The smallest absolute Gasteiger partial charge is 0.146 e. The molecule has 0 aliphatic heterocycles. The molecule has 2 N–H and O–H groups in total. The van der Waals surface area contributed by atoms with Gasteiger partial charge < -0.3 is 14.8 Å². The number of rotatable bonds is 6. The van der Waals surface area contributed by atoms with E-state index in [0.29, 0.717) is 0 Å². The number of hydrogen-bond acceptors (Lipinski definition) is 5. The first-order valence-electron chi connectivity index (χ1n) is 6.11. The van der Waals surface area contributed by atoms with E-state index in [1.807, 2.05) is 25.1 Å². The van der Waals surface area contributed by atoms with E-state index in [-0.39, 0.29) is 6.04 Å². The average Bonchev–Trinajstić information content (AvgIpc) is 2.98. The van der Waals surface area contributed by atoms with Crippen molar-refractivity contribution in [2.24, 2.45) is 0 Å². The van der Waals surface area contributed by atoms with Crippen LogP contribution in [0.1, 0.15) is 24.4 Å². The molecule has 19 heavy (non-hydrogen) atoms. The van der Waals surface area contributed by atoms with Crippen molar-refractivity contribution in [3.05, 3.63) is 35.9 Å². The molecule has 0 amide bonds. The minimum absolute atomic E-state index is 0.154. The molecule has 6 nitrogen and oxygen atoms in total. The topological polar surface area (TPSA) is 72.1 Å². The first-order chi connectivity index (χ1) is 9.31. The molecule has 0 spiro atoms. The Morgan fingerprint density at radius 3 is 2.42 bits per heavy atom. The van der Waals surface area contributed by atoms with Crippen molar-refractivity contribution >= 4 is 0 Å². The molecule has 6 heteroatoms.